The van der Waals surface area contributed by atoms with E-state index in [2.05, 4.69) is 10.1 Å². The molecule has 0 fully saturated rings. The Labute approximate surface area is 164 Å². The molecule has 9 nitrogen and oxygen atoms in total. The predicted octanol–water partition coefficient (Wildman–Crippen LogP) is 3.74. The van der Waals surface area contributed by atoms with Crippen molar-refractivity contribution in [1.82, 2.24) is 10.6 Å². The number of urea groups is 1. The van der Waals surface area contributed by atoms with Gasteiger partial charge in [0.2, 0.25) is 5.75 Å². The molecular weight excluding hydrogens is 399 g/mol. The van der Waals surface area contributed by atoms with E-state index in [-0.39, 0.29) is 12.6 Å². The lowest BCUT2D eigenvalue weighted by molar-refractivity contribution is -0.386. The van der Waals surface area contributed by atoms with Crippen LogP contribution < -0.4 is 15.4 Å². The van der Waals surface area contributed by atoms with Crippen molar-refractivity contribution < 1.29 is 37.5 Å². The van der Waals surface area contributed by atoms with Gasteiger partial charge >= 0.3 is 17.9 Å². The summed E-state index contributed by atoms with van der Waals surface area (Å²) in [5.41, 5.74) is -4.72. The van der Waals surface area contributed by atoms with Crippen LogP contribution in [0.2, 0.25) is 0 Å². The van der Waals surface area contributed by atoms with Gasteiger partial charge in [0.1, 0.15) is 5.56 Å². The number of hydrogen-bond acceptors (Lipinski definition) is 6. The van der Waals surface area contributed by atoms with Crippen LogP contribution in [0.5, 0.6) is 11.5 Å². The molecule has 12 heteroatoms. The molecule has 0 aliphatic carbocycles. The number of nitro groups is 1. The molecule has 1 aromatic rings. The van der Waals surface area contributed by atoms with Gasteiger partial charge in [-0.2, -0.15) is 13.2 Å². The molecule has 1 aromatic carbocycles. The number of carbonyl (C=O) groups excluding carboxylic acids is 2. The number of nitrogens with zero attached hydrogens (tertiary/aromatic N) is 1. The molecule has 0 unspecified atom stereocenters. The van der Waals surface area contributed by atoms with Crippen molar-refractivity contribution >= 4 is 17.6 Å². The highest BCUT2D eigenvalue weighted by molar-refractivity contribution is 6.08. The van der Waals surface area contributed by atoms with Crippen LogP contribution in [0.3, 0.4) is 0 Å². The number of rotatable bonds is 9. The predicted molar refractivity (Wildman–Crippen MR) is 95.9 cm³/mol. The number of hydrogen-bond donors (Lipinski definition) is 3. The molecule has 0 bridgehead atoms. The summed E-state index contributed by atoms with van der Waals surface area (Å²) in [5, 5.41) is 25.0. The molecule has 0 saturated carbocycles. The van der Waals surface area contributed by atoms with Crippen LogP contribution in [-0.2, 0) is 6.18 Å². The second-order valence-corrected chi connectivity index (χ2v) is 6.08. The normalized spacial score (nSPS) is 11.1. The Morgan fingerprint density at radius 2 is 1.86 bits per heavy atom. The second-order valence-electron chi connectivity index (χ2n) is 6.08. The zero-order valence-corrected chi connectivity index (χ0v) is 15.9. The first-order chi connectivity index (χ1) is 13.5. The standard InChI is InChI=1S/C17H22F3N3O6/c1-3-4-5-6-7-8-21-16(26)22-15(25)12-10(17(18,19)20)9-11(29-2)14(24)13(12)23(27)28/h9,24H,3-8H2,1-2H3,(H2,21,22,25,26). The van der Waals surface area contributed by atoms with Gasteiger partial charge in [-0.15, -0.1) is 0 Å². The Morgan fingerprint density at radius 1 is 1.24 bits per heavy atom. The molecule has 0 heterocycles. The summed E-state index contributed by atoms with van der Waals surface area (Å²) in [7, 11) is 0.895. The number of phenols is 1. The zero-order valence-electron chi connectivity index (χ0n) is 15.9. The first-order valence-corrected chi connectivity index (χ1v) is 8.79. The molecule has 1 rings (SSSR count). The van der Waals surface area contributed by atoms with E-state index in [1.165, 1.54) is 0 Å². The average molecular weight is 421 g/mol. The van der Waals surface area contributed by atoms with Gasteiger partial charge in [0.15, 0.2) is 5.75 Å². The number of nitro benzene ring substituents is 1. The van der Waals surface area contributed by atoms with Gasteiger partial charge in [-0.05, 0) is 12.5 Å². The lowest BCUT2D eigenvalue weighted by atomic mass is 10.0. The largest absolute Gasteiger partial charge is 0.499 e. The van der Waals surface area contributed by atoms with Crippen LogP contribution in [-0.4, -0.2) is 35.6 Å². The number of nitrogens with one attached hydrogen (secondary N) is 2. The van der Waals surface area contributed by atoms with Gasteiger partial charge < -0.3 is 15.2 Å². The minimum absolute atomic E-state index is 0.172. The molecular formula is C17H22F3N3O6. The molecule has 0 atom stereocenters. The fourth-order valence-corrected chi connectivity index (χ4v) is 2.56. The number of benzene rings is 1. The number of methoxy groups -OCH3 is 1. The zero-order chi connectivity index (χ0) is 22.2. The number of phenolic OH excluding ortho intramolecular Hbond substituents is 1. The topological polar surface area (TPSA) is 131 Å². The van der Waals surface area contributed by atoms with E-state index >= 15 is 0 Å². The van der Waals surface area contributed by atoms with E-state index in [9.17, 15) is 38.0 Å². The number of aromatic hydroxyl groups is 1. The van der Waals surface area contributed by atoms with Gasteiger partial charge in [-0.1, -0.05) is 32.6 Å². The molecule has 0 aliphatic rings. The fraction of sp³-hybridized carbons (Fsp3) is 0.529. The summed E-state index contributed by atoms with van der Waals surface area (Å²) in [6.07, 6.45) is -0.775. The third-order valence-corrected chi connectivity index (χ3v) is 3.97. The van der Waals surface area contributed by atoms with Crippen molar-refractivity contribution in [2.24, 2.45) is 0 Å². The van der Waals surface area contributed by atoms with Gasteiger partial charge in [-0.25, -0.2) is 4.79 Å². The van der Waals surface area contributed by atoms with Gasteiger partial charge in [0.25, 0.3) is 5.91 Å². The summed E-state index contributed by atoms with van der Waals surface area (Å²) in [6, 6.07) is -0.855. The maximum atomic E-state index is 13.3. The molecule has 3 amide bonds. The third kappa shape index (κ3) is 6.50. The summed E-state index contributed by atoms with van der Waals surface area (Å²) in [6.45, 7) is 2.20. The molecule has 0 saturated heterocycles. The average Bonchev–Trinajstić information content (AvgIpc) is 2.62. The van der Waals surface area contributed by atoms with E-state index in [4.69, 9.17) is 0 Å². The van der Waals surface area contributed by atoms with E-state index in [0.29, 0.717) is 6.42 Å². The number of ether oxygens (including phenoxy) is 1. The summed E-state index contributed by atoms with van der Waals surface area (Å²) < 4.78 is 44.6. The molecule has 0 radical (unpaired) electrons. The fourth-order valence-electron chi connectivity index (χ4n) is 2.56. The highest BCUT2D eigenvalue weighted by atomic mass is 19.4. The van der Waals surface area contributed by atoms with E-state index in [1.807, 2.05) is 6.92 Å². The number of halogens is 3. The van der Waals surface area contributed by atoms with Crippen LogP contribution in [0.1, 0.15) is 54.9 Å². The molecule has 0 aliphatic heterocycles. The Balaban J connectivity index is 3.09. The monoisotopic (exact) mass is 421 g/mol. The minimum Gasteiger partial charge on any atom is -0.499 e. The molecule has 0 spiro atoms. The summed E-state index contributed by atoms with van der Waals surface area (Å²) >= 11 is 0. The first-order valence-electron chi connectivity index (χ1n) is 8.79. The van der Waals surface area contributed by atoms with Crippen molar-refractivity contribution in [2.75, 3.05) is 13.7 Å². The van der Waals surface area contributed by atoms with Gasteiger partial charge in [0, 0.05) is 6.54 Å². The number of imide groups is 1. The van der Waals surface area contributed by atoms with Crippen molar-refractivity contribution in [3.05, 3.63) is 27.3 Å². The lowest BCUT2D eigenvalue weighted by Crippen LogP contribution is -2.40. The van der Waals surface area contributed by atoms with Crippen LogP contribution in [0, 0.1) is 10.1 Å². The van der Waals surface area contributed by atoms with Crippen LogP contribution in [0.25, 0.3) is 0 Å². The molecule has 0 aromatic heterocycles. The van der Waals surface area contributed by atoms with Gasteiger partial charge in [-0.3, -0.25) is 20.2 Å². The minimum atomic E-state index is -5.19. The van der Waals surface area contributed by atoms with E-state index < -0.39 is 51.4 Å². The van der Waals surface area contributed by atoms with Crippen molar-refractivity contribution in [3.8, 4) is 11.5 Å². The van der Waals surface area contributed by atoms with E-state index in [0.717, 1.165) is 32.8 Å². The molecule has 29 heavy (non-hydrogen) atoms. The maximum absolute atomic E-state index is 13.3. The van der Waals surface area contributed by atoms with Crippen LogP contribution in [0.4, 0.5) is 23.7 Å². The number of alkyl halides is 3. The number of carbonyl (C=O) groups is 2. The third-order valence-electron chi connectivity index (χ3n) is 3.97. The number of amides is 3. The summed E-state index contributed by atoms with van der Waals surface area (Å²) in [4.78, 5) is 33.9. The highest BCUT2D eigenvalue weighted by Crippen LogP contribution is 2.45. The first kappa shape index (κ1) is 24.0. The quantitative estimate of drug-likeness (QED) is 0.316. The molecule has 162 valence electrons. The van der Waals surface area contributed by atoms with Crippen molar-refractivity contribution in [3.63, 3.8) is 0 Å². The number of unbranched alkanes of at least 4 members (excludes halogenated alkanes) is 4. The second kappa shape index (κ2) is 10.5. The smallest absolute Gasteiger partial charge is 0.417 e. The highest BCUT2D eigenvalue weighted by Gasteiger charge is 2.43. The Hall–Kier alpha value is -3.05. The molecule has 3 N–H and O–H groups in total. The maximum Gasteiger partial charge on any atom is 0.417 e. The van der Waals surface area contributed by atoms with Crippen LogP contribution in [0.15, 0.2) is 6.07 Å². The lowest BCUT2D eigenvalue weighted by Gasteiger charge is -2.15. The van der Waals surface area contributed by atoms with Crippen LogP contribution >= 0.6 is 0 Å². The van der Waals surface area contributed by atoms with Crippen molar-refractivity contribution in [1.29, 1.82) is 0 Å². The van der Waals surface area contributed by atoms with Crippen molar-refractivity contribution in [2.45, 2.75) is 45.2 Å². The Morgan fingerprint density at radius 3 is 2.38 bits per heavy atom. The Bertz CT molecular complexity index is 768. The van der Waals surface area contributed by atoms with E-state index in [1.54, 1.807) is 5.32 Å². The van der Waals surface area contributed by atoms with Gasteiger partial charge in [0.05, 0.1) is 17.6 Å². The Kier molecular flexibility index (Phi) is 8.67. The summed E-state index contributed by atoms with van der Waals surface area (Å²) in [5.74, 6) is -3.77. The SMILES string of the molecule is CCCCCCCNC(=O)NC(=O)c1c(C(F)(F)F)cc(OC)c(O)c1[N+](=O)[O-].